The summed E-state index contributed by atoms with van der Waals surface area (Å²) in [5.74, 6) is -0.104. The third-order valence-corrected chi connectivity index (χ3v) is 2.39. The zero-order valence-electron chi connectivity index (χ0n) is 10.9. The highest BCUT2D eigenvalue weighted by Gasteiger charge is 2.08. The predicted octanol–water partition coefficient (Wildman–Crippen LogP) is 2.18. The van der Waals surface area contributed by atoms with Crippen LogP contribution in [0.4, 0.5) is 4.39 Å². The number of halogens is 2. The lowest BCUT2D eigenvalue weighted by Crippen LogP contribution is -2.32. The molecule has 1 aromatic rings. The number of hydrogen-bond acceptors (Lipinski definition) is 2. The highest BCUT2D eigenvalue weighted by molar-refractivity contribution is 5.94. The van der Waals surface area contributed by atoms with Gasteiger partial charge in [-0.25, -0.2) is 4.39 Å². The van der Waals surface area contributed by atoms with Crippen molar-refractivity contribution in [2.75, 3.05) is 27.2 Å². The van der Waals surface area contributed by atoms with Crippen molar-refractivity contribution in [3.63, 3.8) is 0 Å². The van der Waals surface area contributed by atoms with E-state index in [0.717, 1.165) is 6.54 Å². The molecule has 1 N–H and O–H groups in total. The molecule has 0 aliphatic carbocycles. The van der Waals surface area contributed by atoms with Crippen LogP contribution in [0.15, 0.2) is 24.3 Å². The van der Waals surface area contributed by atoms with E-state index in [1.807, 2.05) is 14.1 Å². The zero-order valence-corrected chi connectivity index (χ0v) is 11.8. The molecule has 0 heterocycles. The van der Waals surface area contributed by atoms with Crippen LogP contribution in [0.3, 0.4) is 0 Å². The number of benzene rings is 1. The van der Waals surface area contributed by atoms with Gasteiger partial charge in [-0.15, -0.1) is 12.4 Å². The third kappa shape index (κ3) is 5.98. The first-order chi connectivity index (χ1) is 7.99. The van der Waals surface area contributed by atoms with Crippen molar-refractivity contribution in [2.45, 2.75) is 6.92 Å². The minimum Gasteiger partial charge on any atom is -0.352 e. The number of amides is 1. The van der Waals surface area contributed by atoms with Crippen LogP contribution in [-0.4, -0.2) is 38.0 Å². The zero-order chi connectivity index (χ0) is 12.8. The van der Waals surface area contributed by atoms with E-state index >= 15 is 0 Å². The summed E-state index contributed by atoms with van der Waals surface area (Å²) in [7, 11) is 4.00. The summed E-state index contributed by atoms with van der Waals surface area (Å²) in [6, 6.07) is 5.55. The van der Waals surface area contributed by atoms with Crippen LogP contribution in [0.25, 0.3) is 0 Å². The van der Waals surface area contributed by atoms with Crippen LogP contribution in [0, 0.1) is 11.7 Å². The van der Waals surface area contributed by atoms with Gasteiger partial charge in [0, 0.05) is 18.7 Å². The quantitative estimate of drug-likeness (QED) is 0.893. The molecule has 0 aliphatic heterocycles. The Kier molecular flexibility index (Phi) is 7.55. The van der Waals surface area contributed by atoms with Crippen LogP contribution in [0.5, 0.6) is 0 Å². The third-order valence-electron chi connectivity index (χ3n) is 2.39. The van der Waals surface area contributed by atoms with Crippen molar-refractivity contribution in [2.24, 2.45) is 5.92 Å². The maximum Gasteiger partial charge on any atom is 0.251 e. The Morgan fingerprint density at radius 3 is 2.39 bits per heavy atom. The second-order valence-corrected chi connectivity index (χ2v) is 4.58. The summed E-state index contributed by atoms with van der Waals surface area (Å²) in [5, 5.41) is 2.84. The molecule has 0 aliphatic rings. The van der Waals surface area contributed by atoms with Crippen LogP contribution in [0.2, 0.25) is 0 Å². The normalized spacial score (nSPS) is 11.8. The number of carbonyl (C=O) groups excluding carboxylic acids is 1. The van der Waals surface area contributed by atoms with Crippen molar-refractivity contribution in [3.8, 4) is 0 Å². The molecule has 1 aromatic carbocycles. The number of nitrogens with zero attached hydrogens (tertiary/aromatic N) is 1. The van der Waals surface area contributed by atoms with Gasteiger partial charge in [0.1, 0.15) is 5.82 Å². The lowest BCUT2D eigenvalue weighted by atomic mass is 10.1. The number of hydrogen-bond donors (Lipinski definition) is 1. The smallest absolute Gasteiger partial charge is 0.251 e. The van der Waals surface area contributed by atoms with E-state index < -0.39 is 0 Å². The number of nitrogens with one attached hydrogen (secondary N) is 1. The van der Waals surface area contributed by atoms with E-state index in [1.165, 1.54) is 24.3 Å². The molecule has 0 aromatic heterocycles. The molecule has 1 amide bonds. The summed E-state index contributed by atoms with van der Waals surface area (Å²) < 4.78 is 12.7. The second kappa shape index (κ2) is 8.06. The van der Waals surface area contributed by atoms with Gasteiger partial charge in [0.2, 0.25) is 0 Å². The molecule has 0 bridgehead atoms. The molecule has 3 nitrogen and oxygen atoms in total. The highest BCUT2D eigenvalue weighted by atomic mass is 35.5. The summed E-state index contributed by atoms with van der Waals surface area (Å²) in [6.07, 6.45) is 0. The average molecular weight is 275 g/mol. The molecule has 0 spiro atoms. The monoisotopic (exact) mass is 274 g/mol. The fourth-order valence-electron chi connectivity index (χ4n) is 1.66. The molecule has 1 unspecified atom stereocenters. The van der Waals surface area contributed by atoms with E-state index in [1.54, 1.807) is 0 Å². The maximum absolute atomic E-state index is 12.7. The van der Waals surface area contributed by atoms with Gasteiger partial charge in [0.05, 0.1) is 0 Å². The first-order valence-corrected chi connectivity index (χ1v) is 5.67. The van der Waals surface area contributed by atoms with Gasteiger partial charge in [-0.1, -0.05) is 6.92 Å². The Bertz CT molecular complexity index is 368. The molecule has 102 valence electrons. The van der Waals surface area contributed by atoms with Gasteiger partial charge in [-0.05, 0) is 44.3 Å². The van der Waals surface area contributed by atoms with E-state index in [4.69, 9.17) is 0 Å². The molecule has 0 radical (unpaired) electrons. The molecule has 18 heavy (non-hydrogen) atoms. The Hall–Kier alpha value is -1.13. The topological polar surface area (TPSA) is 32.3 Å². The Morgan fingerprint density at radius 2 is 1.89 bits per heavy atom. The van der Waals surface area contributed by atoms with E-state index in [0.29, 0.717) is 18.0 Å². The van der Waals surface area contributed by atoms with Gasteiger partial charge in [0.15, 0.2) is 0 Å². The molecule has 5 heteroatoms. The van der Waals surface area contributed by atoms with Crippen molar-refractivity contribution in [1.82, 2.24) is 10.2 Å². The number of carbonyl (C=O) groups is 1. The van der Waals surface area contributed by atoms with Crippen molar-refractivity contribution >= 4 is 18.3 Å². The van der Waals surface area contributed by atoms with Crippen LogP contribution in [0.1, 0.15) is 17.3 Å². The SMILES string of the molecule is CC(CNC(=O)c1ccc(F)cc1)CN(C)C.Cl. The fraction of sp³-hybridized carbons (Fsp3) is 0.462. The highest BCUT2D eigenvalue weighted by Crippen LogP contribution is 2.03. The first kappa shape index (κ1) is 16.9. The van der Waals surface area contributed by atoms with Gasteiger partial charge < -0.3 is 10.2 Å². The van der Waals surface area contributed by atoms with Gasteiger partial charge in [-0.2, -0.15) is 0 Å². The van der Waals surface area contributed by atoms with E-state index in [-0.39, 0.29) is 24.1 Å². The molecule has 1 rings (SSSR count). The van der Waals surface area contributed by atoms with E-state index in [9.17, 15) is 9.18 Å². The van der Waals surface area contributed by atoms with Crippen molar-refractivity contribution in [1.29, 1.82) is 0 Å². The molecule has 0 fully saturated rings. The van der Waals surface area contributed by atoms with Gasteiger partial charge in [-0.3, -0.25) is 4.79 Å². The Labute approximate surface area is 114 Å². The maximum atomic E-state index is 12.7. The molecule has 1 atom stereocenters. The Balaban J connectivity index is 0.00000289. The minimum atomic E-state index is -0.331. The first-order valence-electron chi connectivity index (χ1n) is 5.67. The summed E-state index contributed by atoms with van der Waals surface area (Å²) >= 11 is 0. The molecule has 0 saturated heterocycles. The largest absolute Gasteiger partial charge is 0.352 e. The summed E-state index contributed by atoms with van der Waals surface area (Å²) in [4.78, 5) is 13.8. The molecular formula is C13H20ClFN2O. The van der Waals surface area contributed by atoms with Gasteiger partial charge >= 0.3 is 0 Å². The number of rotatable bonds is 5. The lowest BCUT2D eigenvalue weighted by Gasteiger charge is -2.17. The van der Waals surface area contributed by atoms with Crippen molar-refractivity contribution in [3.05, 3.63) is 35.6 Å². The molecule has 0 saturated carbocycles. The van der Waals surface area contributed by atoms with Crippen molar-refractivity contribution < 1.29 is 9.18 Å². The predicted molar refractivity (Wildman–Crippen MR) is 73.7 cm³/mol. The van der Waals surface area contributed by atoms with Crippen LogP contribution >= 0.6 is 12.4 Å². The standard InChI is InChI=1S/C13H19FN2O.ClH/c1-10(9-16(2)3)8-15-13(17)11-4-6-12(14)7-5-11;/h4-7,10H,8-9H2,1-3H3,(H,15,17);1H. The fourth-order valence-corrected chi connectivity index (χ4v) is 1.66. The summed E-state index contributed by atoms with van der Waals surface area (Å²) in [6.45, 7) is 3.61. The summed E-state index contributed by atoms with van der Waals surface area (Å²) in [5.41, 5.74) is 0.489. The molecular weight excluding hydrogens is 255 g/mol. The van der Waals surface area contributed by atoms with Crippen LogP contribution in [-0.2, 0) is 0 Å². The van der Waals surface area contributed by atoms with Gasteiger partial charge in [0.25, 0.3) is 5.91 Å². The van der Waals surface area contributed by atoms with Crippen LogP contribution < -0.4 is 5.32 Å². The minimum absolute atomic E-state index is 0. The Morgan fingerprint density at radius 1 is 1.33 bits per heavy atom. The lowest BCUT2D eigenvalue weighted by molar-refractivity contribution is 0.0946. The second-order valence-electron chi connectivity index (χ2n) is 4.58. The van der Waals surface area contributed by atoms with E-state index in [2.05, 4.69) is 17.1 Å². The average Bonchev–Trinajstić information content (AvgIpc) is 2.26.